The van der Waals surface area contributed by atoms with Crippen LogP contribution in [0.1, 0.15) is 59.4 Å². The van der Waals surface area contributed by atoms with Crippen LogP contribution in [0.2, 0.25) is 0 Å². The highest BCUT2D eigenvalue weighted by Gasteiger charge is 2.33. The van der Waals surface area contributed by atoms with Gasteiger partial charge in [0.05, 0.1) is 6.04 Å². The molecule has 0 bridgehead atoms. The Morgan fingerprint density at radius 1 is 1.32 bits per heavy atom. The summed E-state index contributed by atoms with van der Waals surface area (Å²) in [5, 5.41) is 5.75. The molecule has 136 valence electrons. The van der Waals surface area contributed by atoms with E-state index in [9.17, 15) is 4.79 Å². The third-order valence-corrected chi connectivity index (χ3v) is 5.19. The van der Waals surface area contributed by atoms with Gasteiger partial charge in [0.25, 0.3) is 5.91 Å². The molecule has 1 amide bonds. The van der Waals surface area contributed by atoms with Crippen LogP contribution in [0.3, 0.4) is 0 Å². The van der Waals surface area contributed by atoms with Crippen molar-refractivity contribution < 1.29 is 4.79 Å². The number of hydrogen-bond donors (Lipinski definition) is 2. The van der Waals surface area contributed by atoms with E-state index in [1.807, 2.05) is 0 Å². The smallest absolute Gasteiger partial charge is 0.271 e. The maximum absolute atomic E-state index is 12.5. The fourth-order valence-corrected chi connectivity index (χ4v) is 3.61. The van der Waals surface area contributed by atoms with Gasteiger partial charge in [-0.15, -0.1) is 23.7 Å². The van der Waals surface area contributed by atoms with Gasteiger partial charge in [-0.25, -0.2) is 4.98 Å². The molecular weight excluding hydrogens is 354 g/mol. The van der Waals surface area contributed by atoms with Crippen molar-refractivity contribution in [2.45, 2.75) is 45.7 Å². The van der Waals surface area contributed by atoms with Gasteiger partial charge in [0.1, 0.15) is 10.7 Å². The molecule has 0 saturated heterocycles. The minimum Gasteiger partial charge on any atom is -0.344 e. The van der Waals surface area contributed by atoms with E-state index < -0.39 is 0 Å². The number of hydrogen-bond acceptors (Lipinski definition) is 4. The number of nitrogens with one attached hydrogen (secondary N) is 1. The van der Waals surface area contributed by atoms with E-state index in [1.54, 1.807) is 5.38 Å². The number of carbonyl (C=O) groups is 1. The van der Waals surface area contributed by atoms with E-state index in [2.05, 4.69) is 48.4 Å². The number of benzene rings is 1. The highest BCUT2D eigenvalue weighted by atomic mass is 35.5. The van der Waals surface area contributed by atoms with Crippen LogP contribution in [0.5, 0.6) is 0 Å². The van der Waals surface area contributed by atoms with E-state index in [0.29, 0.717) is 24.1 Å². The van der Waals surface area contributed by atoms with Crippen molar-refractivity contribution in [2.24, 2.45) is 17.6 Å². The Morgan fingerprint density at radius 3 is 2.52 bits per heavy atom. The number of thiazole rings is 1. The van der Waals surface area contributed by atoms with Crippen molar-refractivity contribution in [3.8, 4) is 0 Å². The van der Waals surface area contributed by atoms with Crippen molar-refractivity contribution >= 4 is 29.7 Å². The molecule has 1 heterocycles. The fraction of sp³-hybridized carbons (Fsp3) is 0.474. The third-order valence-electron chi connectivity index (χ3n) is 4.32. The Morgan fingerprint density at radius 2 is 2.00 bits per heavy atom. The van der Waals surface area contributed by atoms with E-state index in [4.69, 9.17) is 5.73 Å². The largest absolute Gasteiger partial charge is 0.344 e. The van der Waals surface area contributed by atoms with Gasteiger partial charge in [-0.05, 0) is 42.2 Å². The summed E-state index contributed by atoms with van der Waals surface area (Å²) in [6.07, 6.45) is 3.43. The van der Waals surface area contributed by atoms with Gasteiger partial charge < -0.3 is 11.1 Å². The molecule has 3 rings (SSSR count). The zero-order valence-electron chi connectivity index (χ0n) is 14.7. The summed E-state index contributed by atoms with van der Waals surface area (Å²) in [7, 11) is 0. The number of amides is 1. The second-order valence-electron chi connectivity index (χ2n) is 6.96. The van der Waals surface area contributed by atoms with Gasteiger partial charge in [0, 0.05) is 11.9 Å². The average Bonchev–Trinajstić information content (AvgIpc) is 3.29. The first kappa shape index (κ1) is 19.9. The summed E-state index contributed by atoms with van der Waals surface area (Å²) in [6, 6.07) is 8.77. The molecule has 1 saturated carbocycles. The van der Waals surface area contributed by atoms with Crippen molar-refractivity contribution in [3.63, 3.8) is 0 Å². The first-order valence-electron chi connectivity index (χ1n) is 8.61. The van der Waals surface area contributed by atoms with Gasteiger partial charge in [0.15, 0.2) is 0 Å². The van der Waals surface area contributed by atoms with E-state index >= 15 is 0 Å². The van der Waals surface area contributed by atoms with Crippen molar-refractivity contribution in [2.75, 3.05) is 0 Å². The molecule has 1 unspecified atom stereocenters. The number of nitrogens with zero attached hydrogens (tertiary/aromatic N) is 1. The lowest BCUT2D eigenvalue weighted by Crippen LogP contribution is -2.30. The molecule has 1 aliphatic rings. The van der Waals surface area contributed by atoms with E-state index in [0.717, 1.165) is 11.4 Å². The number of carbonyl (C=O) groups excluding carboxylic acids is 1. The van der Waals surface area contributed by atoms with Crippen molar-refractivity contribution in [3.05, 3.63) is 51.5 Å². The predicted molar refractivity (Wildman–Crippen MR) is 105 cm³/mol. The molecule has 3 N–H and O–H groups in total. The van der Waals surface area contributed by atoms with E-state index in [1.165, 1.54) is 35.3 Å². The van der Waals surface area contributed by atoms with Gasteiger partial charge in [-0.1, -0.05) is 38.1 Å². The second-order valence-corrected chi connectivity index (χ2v) is 7.90. The van der Waals surface area contributed by atoms with Crippen molar-refractivity contribution in [1.29, 1.82) is 0 Å². The monoisotopic (exact) mass is 379 g/mol. The maximum atomic E-state index is 12.5. The maximum Gasteiger partial charge on any atom is 0.271 e. The molecule has 2 aromatic rings. The van der Waals surface area contributed by atoms with Crippen LogP contribution >= 0.6 is 23.7 Å². The van der Waals surface area contributed by atoms with Gasteiger partial charge >= 0.3 is 0 Å². The first-order valence-corrected chi connectivity index (χ1v) is 9.49. The van der Waals surface area contributed by atoms with Crippen LogP contribution in [0.25, 0.3) is 0 Å². The van der Waals surface area contributed by atoms with Crippen LogP contribution in [0, 0.1) is 11.8 Å². The Balaban J connectivity index is 0.00000225. The Labute approximate surface area is 159 Å². The number of rotatable bonds is 7. The molecule has 4 nitrogen and oxygen atoms in total. The Kier molecular flexibility index (Phi) is 6.99. The van der Waals surface area contributed by atoms with Crippen LogP contribution in [0.15, 0.2) is 29.6 Å². The summed E-state index contributed by atoms with van der Waals surface area (Å²) in [6.45, 7) is 4.83. The molecule has 1 aromatic heterocycles. The van der Waals surface area contributed by atoms with Crippen molar-refractivity contribution in [1.82, 2.24) is 10.3 Å². The molecular formula is C19H26ClN3OS. The van der Waals surface area contributed by atoms with Gasteiger partial charge in [0.2, 0.25) is 0 Å². The zero-order valence-corrected chi connectivity index (χ0v) is 16.3. The molecule has 0 radical (unpaired) electrons. The summed E-state index contributed by atoms with van der Waals surface area (Å²) in [5.74, 6) is 1.09. The predicted octanol–water partition coefficient (Wildman–Crippen LogP) is 4.10. The summed E-state index contributed by atoms with van der Waals surface area (Å²) < 4.78 is 0. The van der Waals surface area contributed by atoms with Crippen LogP contribution in [0.4, 0.5) is 0 Å². The van der Waals surface area contributed by atoms with Crippen LogP contribution in [-0.4, -0.2) is 10.9 Å². The SMILES string of the molecule is CC(C)Cc1ccc(C(NC(=O)c2csc(CN)n2)C2CC2)cc1.Cl. The topological polar surface area (TPSA) is 68.0 Å². The Bertz CT molecular complexity index is 695. The lowest BCUT2D eigenvalue weighted by Gasteiger charge is -2.19. The minimum atomic E-state index is -0.103. The van der Waals surface area contributed by atoms with Crippen LogP contribution in [-0.2, 0) is 13.0 Å². The molecule has 25 heavy (non-hydrogen) atoms. The lowest BCUT2D eigenvalue weighted by molar-refractivity contribution is 0.0927. The normalized spacial score (nSPS) is 14.9. The van der Waals surface area contributed by atoms with Gasteiger partial charge in [-0.3, -0.25) is 4.79 Å². The molecule has 1 atom stereocenters. The van der Waals surface area contributed by atoms with Crippen LogP contribution < -0.4 is 11.1 Å². The number of nitrogens with two attached hydrogens (primary N) is 1. The number of aromatic nitrogens is 1. The highest BCUT2D eigenvalue weighted by Crippen LogP contribution is 2.41. The average molecular weight is 380 g/mol. The first-order chi connectivity index (χ1) is 11.6. The Hall–Kier alpha value is -1.43. The lowest BCUT2D eigenvalue weighted by atomic mass is 9.97. The van der Waals surface area contributed by atoms with E-state index in [-0.39, 0.29) is 24.4 Å². The molecule has 1 fully saturated rings. The molecule has 1 aromatic carbocycles. The minimum absolute atomic E-state index is 0. The highest BCUT2D eigenvalue weighted by molar-refractivity contribution is 7.09. The number of halogens is 1. The quantitative estimate of drug-likeness (QED) is 0.760. The third kappa shape index (κ3) is 5.27. The second kappa shape index (κ2) is 8.79. The summed E-state index contributed by atoms with van der Waals surface area (Å²) in [5.41, 5.74) is 8.59. The molecule has 6 heteroatoms. The van der Waals surface area contributed by atoms with Gasteiger partial charge in [-0.2, -0.15) is 0 Å². The fourth-order valence-electron chi connectivity index (χ4n) is 2.96. The summed E-state index contributed by atoms with van der Waals surface area (Å²) >= 11 is 1.44. The summed E-state index contributed by atoms with van der Waals surface area (Å²) in [4.78, 5) is 16.8. The molecule has 0 spiro atoms. The standard InChI is InChI=1S/C19H25N3OS.ClH/c1-12(2)9-13-3-5-14(6-4-13)18(15-7-8-15)22-19(23)16-11-24-17(10-20)21-16;/h3-6,11-12,15,18H,7-10,20H2,1-2H3,(H,22,23);1H. The zero-order chi connectivity index (χ0) is 17.1. The molecule has 1 aliphatic carbocycles. The molecule has 0 aliphatic heterocycles.